The molecule has 0 atom stereocenters. The third kappa shape index (κ3) is 3.49. The van der Waals surface area contributed by atoms with Crippen LogP contribution in [0.3, 0.4) is 0 Å². The van der Waals surface area contributed by atoms with E-state index in [0.717, 1.165) is 0 Å². The molecular formula is C5H8N. The molecule has 33 valence electrons. The standard InChI is InChI=1S/C5H8N/c1-5(2)4-6-3/h4-5H,1-2H3. The Kier molecular flexibility index (Phi) is 2.48. The van der Waals surface area contributed by atoms with Gasteiger partial charge in [0.15, 0.2) is 0 Å². The Hall–Kier alpha value is -0.510. The maximum Gasteiger partial charge on any atom is 0.299 e. The van der Waals surface area contributed by atoms with E-state index in [0.29, 0.717) is 5.92 Å². The molecule has 1 nitrogen and oxygen atoms in total. The molecule has 0 rings (SSSR count). The Morgan fingerprint density at radius 3 is 2.17 bits per heavy atom. The van der Waals surface area contributed by atoms with Crippen LogP contribution in [0.1, 0.15) is 13.8 Å². The lowest BCUT2D eigenvalue weighted by molar-refractivity contribution is 0.784. The third-order valence-electron chi connectivity index (χ3n) is 0.373. The van der Waals surface area contributed by atoms with Gasteiger partial charge in [-0.05, 0) is 0 Å². The van der Waals surface area contributed by atoms with Gasteiger partial charge in [0.1, 0.15) is 0 Å². The topological polar surface area (TPSA) is 4.36 Å². The summed E-state index contributed by atoms with van der Waals surface area (Å²) in [6, 6.07) is 0. The van der Waals surface area contributed by atoms with Crippen LogP contribution < -0.4 is 0 Å². The molecule has 0 N–H and O–H groups in total. The van der Waals surface area contributed by atoms with Crippen LogP contribution in [0.4, 0.5) is 0 Å². The van der Waals surface area contributed by atoms with Crippen molar-refractivity contribution in [2.45, 2.75) is 13.8 Å². The predicted molar refractivity (Wildman–Crippen MR) is 25.7 cm³/mol. The minimum atomic E-state index is 0.419. The minimum Gasteiger partial charge on any atom is -0.305 e. The van der Waals surface area contributed by atoms with E-state index in [1.807, 2.05) is 13.8 Å². The second-order valence-corrected chi connectivity index (χ2v) is 1.52. The first kappa shape index (κ1) is 5.49. The maximum atomic E-state index is 6.30. The second kappa shape index (κ2) is 2.71. The Bertz CT molecular complexity index is 58.8. The van der Waals surface area contributed by atoms with Gasteiger partial charge < -0.3 is 4.85 Å². The molecule has 0 bridgehead atoms. The third-order valence-corrected chi connectivity index (χ3v) is 0.373. The van der Waals surface area contributed by atoms with Gasteiger partial charge in [0.2, 0.25) is 0 Å². The average Bonchev–Trinajstić information content (AvgIpc) is 1.35. The van der Waals surface area contributed by atoms with Crippen LogP contribution in [-0.4, -0.2) is 0 Å². The van der Waals surface area contributed by atoms with Crippen LogP contribution in [0.15, 0.2) is 0 Å². The summed E-state index contributed by atoms with van der Waals surface area (Å²) in [6.45, 7) is 11.9. The number of hydrogen-bond acceptors (Lipinski definition) is 0. The van der Waals surface area contributed by atoms with E-state index in [1.54, 1.807) is 6.54 Å². The maximum absolute atomic E-state index is 6.30. The van der Waals surface area contributed by atoms with Crippen molar-refractivity contribution in [1.82, 2.24) is 0 Å². The quantitative estimate of drug-likeness (QED) is 0.424. The van der Waals surface area contributed by atoms with E-state index < -0.39 is 0 Å². The first-order valence-corrected chi connectivity index (χ1v) is 1.97. The smallest absolute Gasteiger partial charge is 0.299 e. The summed E-state index contributed by atoms with van der Waals surface area (Å²) in [5.74, 6) is 0.419. The van der Waals surface area contributed by atoms with E-state index in [1.165, 1.54) is 0 Å². The molecule has 0 aliphatic carbocycles. The first-order valence-electron chi connectivity index (χ1n) is 1.97. The molecule has 0 unspecified atom stereocenters. The summed E-state index contributed by atoms with van der Waals surface area (Å²) < 4.78 is 0. The van der Waals surface area contributed by atoms with Gasteiger partial charge in [-0.3, -0.25) is 0 Å². The molecule has 6 heavy (non-hydrogen) atoms. The van der Waals surface area contributed by atoms with Crippen LogP contribution >= 0.6 is 0 Å². The summed E-state index contributed by atoms with van der Waals surface area (Å²) in [6.07, 6.45) is 0. The second-order valence-electron chi connectivity index (χ2n) is 1.52. The van der Waals surface area contributed by atoms with Gasteiger partial charge in [-0.25, -0.2) is 6.57 Å². The fraction of sp³-hybridized carbons (Fsp3) is 0.600. The highest BCUT2D eigenvalue weighted by Crippen LogP contribution is 1.95. The molecule has 0 aliphatic heterocycles. The molecule has 0 aromatic heterocycles. The molecule has 0 heterocycles. The zero-order valence-electron chi connectivity index (χ0n) is 4.10. The van der Waals surface area contributed by atoms with Crippen molar-refractivity contribution in [2.75, 3.05) is 0 Å². The monoisotopic (exact) mass is 82.1 g/mol. The molecule has 0 saturated carbocycles. The number of hydrogen-bond donors (Lipinski definition) is 0. The number of nitrogens with zero attached hydrogens (tertiary/aromatic N) is 1. The summed E-state index contributed by atoms with van der Waals surface area (Å²) in [4.78, 5) is 3.06. The molecular weight excluding hydrogens is 74.1 g/mol. The largest absolute Gasteiger partial charge is 0.305 e. The van der Waals surface area contributed by atoms with Gasteiger partial charge >= 0.3 is 0 Å². The van der Waals surface area contributed by atoms with Crippen LogP contribution in [0.2, 0.25) is 0 Å². The van der Waals surface area contributed by atoms with Crippen molar-refractivity contribution in [3.8, 4) is 0 Å². The van der Waals surface area contributed by atoms with E-state index in [2.05, 4.69) is 4.85 Å². The van der Waals surface area contributed by atoms with Crippen molar-refractivity contribution in [3.05, 3.63) is 18.0 Å². The van der Waals surface area contributed by atoms with Gasteiger partial charge in [-0.2, -0.15) is 0 Å². The van der Waals surface area contributed by atoms with Crippen LogP contribution in [0, 0.1) is 19.0 Å². The first-order chi connectivity index (χ1) is 2.77. The SMILES string of the molecule is [C-]#[N+][CH]C(C)C. The van der Waals surface area contributed by atoms with Crippen molar-refractivity contribution in [3.63, 3.8) is 0 Å². The van der Waals surface area contributed by atoms with Gasteiger partial charge in [0.25, 0.3) is 6.54 Å². The molecule has 1 heteroatoms. The summed E-state index contributed by atoms with van der Waals surface area (Å²) in [7, 11) is 0. The molecule has 0 spiro atoms. The lowest BCUT2D eigenvalue weighted by Crippen LogP contribution is -1.78. The highest BCUT2D eigenvalue weighted by molar-refractivity contribution is 4.77. The average molecular weight is 82.1 g/mol. The highest BCUT2D eigenvalue weighted by Gasteiger charge is 1.93. The zero-order chi connectivity index (χ0) is 4.99. The molecule has 0 aromatic carbocycles. The van der Waals surface area contributed by atoms with Gasteiger partial charge in [-0.15, -0.1) is 0 Å². The van der Waals surface area contributed by atoms with E-state index >= 15 is 0 Å². The molecule has 1 radical (unpaired) electrons. The van der Waals surface area contributed by atoms with E-state index in [4.69, 9.17) is 6.57 Å². The summed E-state index contributed by atoms with van der Waals surface area (Å²) >= 11 is 0. The van der Waals surface area contributed by atoms with Crippen LogP contribution in [-0.2, 0) is 0 Å². The molecule has 0 saturated heterocycles. The molecule has 0 aliphatic rings. The van der Waals surface area contributed by atoms with Gasteiger partial charge in [0.05, 0.1) is 0 Å². The summed E-state index contributed by atoms with van der Waals surface area (Å²) in [5.41, 5.74) is 0. The number of rotatable bonds is 1. The fourth-order valence-electron chi connectivity index (χ4n) is 0.149. The highest BCUT2D eigenvalue weighted by atomic mass is 14.6. The normalized spacial score (nSPS) is 8.33. The van der Waals surface area contributed by atoms with Crippen molar-refractivity contribution in [1.29, 1.82) is 0 Å². The Morgan fingerprint density at radius 2 is 2.17 bits per heavy atom. The van der Waals surface area contributed by atoms with Crippen LogP contribution in [0.25, 0.3) is 4.85 Å². The van der Waals surface area contributed by atoms with Crippen molar-refractivity contribution < 1.29 is 0 Å². The lowest BCUT2D eigenvalue weighted by atomic mass is 10.2. The molecule has 0 amide bonds. The van der Waals surface area contributed by atoms with Gasteiger partial charge in [0, 0.05) is 5.92 Å². The zero-order valence-corrected chi connectivity index (χ0v) is 4.10. The summed E-state index contributed by atoms with van der Waals surface area (Å²) in [5, 5.41) is 0. The molecule has 0 fully saturated rings. The fourth-order valence-corrected chi connectivity index (χ4v) is 0.149. The predicted octanol–water partition coefficient (Wildman–Crippen LogP) is 1.72. The lowest BCUT2D eigenvalue weighted by Gasteiger charge is -1.83. The van der Waals surface area contributed by atoms with Crippen molar-refractivity contribution in [2.24, 2.45) is 5.92 Å². The van der Waals surface area contributed by atoms with E-state index in [9.17, 15) is 0 Å². The minimum absolute atomic E-state index is 0.419. The Labute approximate surface area is 38.8 Å². The van der Waals surface area contributed by atoms with Gasteiger partial charge in [-0.1, -0.05) is 13.8 Å². The Balaban J connectivity index is 2.88. The van der Waals surface area contributed by atoms with Crippen molar-refractivity contribution >= 4 is 0 Å². The Morgan fingerprint density at radius 1 is 1.67 bits per heavy atom. The molecule has 0 aromatic rings. The van der Waals surface area contributed by atoms with Crippen LogP contribution in [0.5, 0.6) is 0 Å². The van der Waals surface area contributed by atoms with E-state index in [-0.39, 0.29) is 0 Å².